The van der Waals surface area contributed by atoms with Crippen LogP contribution in [0.5, 0.6) is 0 Å². The molecule has 1 fully saturated rings. The first-order chi connectivity index (χ1) is 9.65. The van der Waals surface area contributed by atoms with Crippen molar-refractivity contribution in [3.8, 4) is 0 Å². The van der Waals surface area contributed by atoms with Gasteiger partial charge in [0.1, 0.15) is 5.82 Å². The number of aliphatic hydroxyl groups is 1. The van der Waals surface area contributed by atoms with Crippen LogP contribution in [0.25, 0.3) is 10.8 Å². The minimum atomic E-state index is -0.985. The normalized spacial score (nSPS) is 16.6. The SMILES string of the molecule is O=C(O)c1cnc(NC2(CO)CCC2)c2ccccc12. The Hall–Kier alpha value is -2.14. The average Bonchev–Trinajstić information content (AvgIpc) is 2.42. The van der Waals surface area contributed by atoms with Crippen molar-refractivity contribution in [2.75, 3.05) is 11.9 Å². The number of carboxylic acid groups (broad SMARTS) is 1. The Kier molecular flexibility index (Phi) is 3.06. The Morgan fingerprint density at radius 1 is 1.30 bits per heavy atom. The molecule has 104 valence electrons. The van der Waals surface area contributed by atoms with Crippen molar-refractivity contribution in [1.29, 1.82) is 0 Å². The van der Waals surface area contributed by atoms with Crippen molar-refractivity contribution >= 4 is 22.6 Å². The number of benzene rings is 1. The van der Waals surface area contributed by atoms with E-state index in [1.165, 1.54) is 6.20 Å². The number of carbonyl (C=O) groups is 1. The van der Waals surface area contributed by atoms with E-state index in [4.69, 9.17) is 0 Å². The zero-order chi connectivity index (χ0) is 14.2. The van der Waals surface area contributed by atoms with Gasteiger partial charge in [0.15, 0.2) is 0 Å². The number of hydrogen-bond donors (Lipinski definition) is 3. The molecule has 5 heteroatoms. The molecule has 3 rings (SSSR count). The number of pyridine rings is 1. The van der Waals surface area contributed by atoms with Gasteiger partial charge in [0, 0.05) is 17.0 Å². The summed E-state index contributed by atoms with van der Waals surface area (Å²) in [6.07, 6.45) is 4.26. The zero-order valence-electron chi connectivity index (χ0n) is 11.0. The number of hydrogen-bond acceptors (Lipinski definition) is 4. The number of rotatable bonds is 4. The standard InChI is InChI=1S/C15H16N2O3/c18-9-15(6-3-7-15)17-13-11-5-2-1-4-10(11)12(8-16-13)14(19)20/h1-2,4-5,8,18H,3,6-7,9H2,(H,16,17)(H,19,20). The second kappa shape index (κ2) is 4.76. The molecule has 3 N–H and O–H groups in total. The van der Waals surface area contributed by atoms with Crippen LogP contribution >= 0.6 is 0 Å². The summed E-state index contributed by atoms with van der Waals surface area (Å²) in [7, 11) is 0. The van der Waals surface area contributed by atoms with E-state index in [2.05, 4.69) is 10.3 Å². The second-order valence-corrected chi connectivity index (χ2v) is 5.29. The lowest BCUT2D eigenvalue weighted by Gasteiger charge is -2.41. The van der Waals surface area contributed by atoms with Gasteiger partial charge in [-0.2, -0.15) is 0 Å². The van der Waals surface area contributed by atoms with Gasteiger partial charge in [-0.1, -0.05) is 24.3 Å². The third kappa shape index (κ3) is 2.00. The molecule has 1 aliphatic carbocycles. The van der Waals surface area contributed by atoms with Crippen LogP contribution < -0.4 is 5.32 Å². The van der Waals surface area contributed by atoms with E-state index in [0.717, 1.165) is 24.6 Å². The molecule has 0 radical (unpaired) electrons. The van der Waals surface area contributed by atoms with Crippen LogP contribution in [0.1, 0.15) is 29.6 Å². The molecule has 1 aliphatic rings. The van der Waals surface area contributed by atoms with E-state index >= 15 is 0 Å². The van der Waals surface area contributed by atoms with Crippen LogP contribution in [0.15, 0.2) is 30.5 Å². The first kappa shape index (κ1) is 12.9. The molecular formula is C15H16N2O3. The fourth-order valence-corrected chi connectivity index (χ4v) is 2.64. The number of anilines is 1. The molecule has 0 aliphatic heterocycles. The van der Waals surface area contributed by atoms with Gasteiger partial charge in [-0.05, 0) is 19.3 Å². The van der Waals surface area contributed by atoms with Gasteiger partial charge in [-0.25, -0.2) is 9.78 Å². The van der Waals surface area contributed by atoms with Crippen molar-refractivity contribution in [2.45, 2.75) is 24.8 Å². The molecule has 1 aromatic carbocycles. The molecule has 0 bridgehead atoms. The zero-order valence-corrected chi connectivity index (χ0v) is 11.0. The number of aromatic nitrogens is 1. The van der Waals surface area contributed by atoms with E-state index in [0.29, 0.717) is 11.2 Å². The molecular weight excluding hydrogens is 256 g/mol. The van der Waals surface area contributed by atoms with Crippen LogP contribution in [-0.4, -0.2) is 33.3 Å². The Labute approximate surface area is 116 Å². The quantitative estimate of drug-likeness (QED) is 0.795. The predicted molar refractivity (Wildman–Crippen MR) is 76.0 cm³/mol. The molecule has 0 saturated heterocycles. The van der Waals surface area contributed by atoms with Gasteiger partial charge >= 0.3 is 5.97 Å². The number of aromatic carboxylic acids is 1. The topological polar surface area (TPSA) is 82.5 Å². The molecule has 0 amide bonds. The van der Waals surface area contributed by atoms with Crippen LogP contribution in [-0.2, 0) is 0 Å². The molecule has 0 atom stereocenters. The van der Waals surface area contributed by atoms with Gasteiger partial charge < -0.3 is 15.5 Å². The van der Waals surface area contributed by atoms with Crippen molar-refractivity contribution < 1.29 is 15.0 Å². The maximum absolute atomic E-state index is 11.2. The number of fused-ring (bicyclic) bond motifs is 1. The molecule has 1 heterocycles. The third-order valence-corrected chi connectivity index (χ3v) is 4.02. The van der Waals surface area contributed by atoms with E-state index in [1.54, 1.807) is 6.07 Å². The van der Waals surface area contributed by atoms with Gasteiger partial charge in [0.25, 0.3) is 0 Å². The van der Waals surface area contributed by atoms with Crippen LogP contribution in [0.4, 0.5) is 5.82 Å². The maximum atomic E-state index is 11.2. The summed E-state index contributed by atoms with van der Waals surface area (Å²) in [5.41, 5.74) is -0.113. The van der Waals surface area contributed by atoms with Crippen molar-refractivity contribution in [2.24, 2.45) is 0 Å². The Morgan fingerprint density at radius 2 is 2.00 bits per heavy atom. The predicted octanol–water partition coefficient (Wildman–Crippen LogP) is 2.26. The number of nitrogens with one attached hydrogen (secondary N) is 1. The minimum Gasteiger partial charge on any atom is -0.478 e. The summed E-state index contributed by atoms with van der Waals surface area (Å²) in [5.74, 6) is -0.347. The second-order valence-electron chi connectivity index (χ2n) is 5.29. The van der Waals surface area contributed by atoms with E-state index in [-0.39, 0.29) is 17.7 Å². The molecule has 20 heavy (non-hydrogen) atoms. The highest BCUT2D eigenvalue weighted by atomic mass is 16.4. The lowest BCUT2D eigenvalue weighted by molar-refractivity contribution is 0.0698. The van der Waals surface area contributed by atoms with Gasteiger partial charge in [-0.15, -0.1) is 0 Å². The number of aliphatic hydroxyl groups excluding tert-OH is 1. The summed E-state index contributed by atoms with van der Waals surface area (Å²) < 4.78 is 0. The van der Waals surface area contributed by atoms with Crippen molar-refractivity contribution in [3.63, 3.8) is 0 Å². The molecule has 1 saturated carbocycles. The number of nitrogens with zero attached hydrogens (tertiary/aromatic N) is 1. The molecule has 0 unspecified atom stereocenters. The van der Waals surface area contributed by atoms with Crippen molar-refractivity contribution in [3.05, 3.63) is 36.0 Å². The summed E-state index contributed by atoms with van der Waals surface area (Å²) in [4.78, 5) is 15.5. The summed E-state index contributed by atoms with van der Waals surface area (Å²) in [5, 5.41) is 23.5. The fourth-order valence-electron chi connectivity index (χ4n) is 2.64. The fraction of sp³-hybridized carbons (Fsp3) is 0.333. The van der Waals surface area contributed by atoms with E-state index in [9.17, 15) is 15.0 Å². The lowest BCUT2D eigenvalue weighted by Crippen LogP contribution is -2.48. The monoisotopic (exact) mass is 272 g/mol. The van der Waals surface area contributed by atoms with E-state index < -0.39 is 5.97 Å². The van der Waals surface area contributed by atoms with Gasteiger partial charge in [-0.3, -0.25) is 0 Å². The minimum absolute atomic E-state index is 0.0592. The first-order valence-corrected chi connectivity index (χ1v) is 6.65. The van der Waals surface area contributed by atoms with Crippen LogP contribution in [0.2, 0.25) is 0 Å². The Balaban J connectivity index is 2.08. The number of carboxylic acids is 1. The lowest BCUT2D eigenvalue weighted by atomic mass is 9.77. The first-order valence-electron chi connectivity index (χ1n) is 6.65. The van der Waals surface area contributed by atoms with Crippen molar-refractivity contribution in [1.82, 2.24) is 4.98 Å². The summed E-state index contributed by atoms with van der Waals surface area (Å²) in [6, 6.07) is 7.29. The molecule has 5 nitrogen and oxygen atoms in total. The van der Waals surface area contributed by atoms with Gasteiger partial charge in [0.05, 0.1) is 17.7 Å². The molecule has 0 spiro atoms. The highest BCUT2D eigenvalue weighted by Gasteiger charge is 2.36. The average molecular weight is 272 g/mol. The highest BCUT2D eigenvalue weighted by molar-refractivity contribution is 6.06. The summed E-state index contributed by atoms with van der Waals surface area (Å²) >= 11 is 0. The largest absolute Gasteiger partial charge is 0.478 e. The van der Waals surface area contributed by atoms with Gasteiger partial charge in [0.2, 0.25) is 0 Å². The Bertz CT molecular complexity index is 660. The molecule has 2 aromatic rings. The van der Waals surface area contributed by atoms with E-state index in [1.807, 2.05) is 18.2 Å². The Morgan fingerprint density at radius 3 is 2.55 bits per heavy atom. The highest BCUT2D eigenvalue weighted by Crippen LogP contribution is 2.36. The smallest absolute Gasteiger partial charge is 0.337 e. The van der Waals surface area contributed by atoms with Crippen LogP contribution in [0.3, 0.4) is 0 Å². The maximum Gasteiger partial charge on any atom is 0.337 e. The molecule has 1 aromatic heterocycles. The third-order valence-electron chi connectivity index (χ3n) is 4.02. The van der Waals surface area contributed by atoms with Crippen LogP contribution in [0, 0.1) is 0 Å². The summed E-state index contributed by atoms with van der Waals surface area (Å²) in [6.45, 7) is 0.0592.